The van der Waals surface area contributed by atoms with Crippen molar-refractivity contribution in [2.75, 3.05) is 28.6 Å². The van der Waals surface area contributed by atoms with E-state index in [9.17, 15) is 22.8 Å². The van der Waals surface area contributed by atoms with Crippen molar-refractivity contribution in [2.45, 2.75) is 45.0 Å². The second-order valence-corrected chi connectivity index (χ2v) is 11.9. The SMILES string of the molecule is Cn1cc(-c2cnc3c(C(=O)Nc4cnccc4N4CC(NBr)C[C@@H](C(F)(F)F)C4)c(NC(=O)OC(C)(C)C)oc3c2)cn1. The van der Waals surface area contributed by atoms with Crippen molar-refractivity contribution < 1.29 is 31.9 Å². The lowest BCUT2D eigenvalue weighted by molar-refractivity contribution is -0.177. The molecule has 1 unspecified atom stereocenters. The number of carbonyl (C=O) groups excluding carboxylic acids is 2. The van der Waals surface area contributed by atoms with Crippen LogP contribution in [0.5, 0.6) is 0 Å². The molecular formula is C28H30BrF3N8O4. The predicted octanol–water partition coefficient (Wildman–Crippen LogP) is 5.88. The molecule has 234 valence electrons. The second kappa shape index (κ2) is 12.1. The molecule has 12 nitrogen and oxygen atoms in total. The number of rotatable bonds is 6. The van der Waals surface area contributed by atoms with Crippen LogP contribution in [0.2, 0.25) is 0 Å². The third kappa shape index (κ3) is 6.96. The molecule has 1 fully saturated rings. The third-order valence-electron chi connectivity index (χ3n) is 6.86. The van der Waals surface area contributed by atoms with Gasteiger partial charge in [0.1, 0.15) is 16.7 Å². The van der Waals surface area contributed by atoms with E-state index in [1.54, 1.807) is 55.9 Å². The number of piperidine rings is 1. The maximum Gasteiger partial charge on any atom is 0.414 e. The topological polar surface area (TPSA) is 139 Å². The molecular weight excluding hydrogens is 649 g/mol. The summed E-state index contributed by atoms with van der Waals surface area (Å²) in [6, 6.07) is 2.68. The average molecular weight is 679 g/mol. The van der Waals surface area contributed by atoms with Gasteiger partial charge in [-0.05, 0) is 39.3 Å². The van der Waals surface area contributed by atoms with Crippen LogP contribution in [-0.4, -0.2) is 62.7 Å². The molecule has 0 saturated carbocycles. The zero-order chi connectivity index (χ0) is 31.8. The molecule has 3 N–H and O–H groups in total. The molecule has 1 aliphatic heterocycles. The summed E-state index contributed by atoms with van der Waals surface area (Å²) in [6.07, 6.45) is 2.37. The van der Waals surface area contributed by atoms with E-state index in [-0.39, 0.29) is 47.7 Å². The Hall–Kier alpha value is -4.18. The average Bonchev–Trinajstić information content (AvgIpc) is 3.54. The van der Waals surface area contributed by atoms with E-state index in [4.69, 9.17) is 9.15 Å². The Morgan fingerprint density at radius 1 is 1.11 bits per heavy atom. The van der Waals surface area contributed by atoms with E-state index in [1.165, 1.54) is 24.7 Å². The van der Waals surface area contributed by atoms with Crippen molar-refractivity contribution in [3.05, 3.63) is 48.7 Å². The maximum atomic E-state index is 13.9. The summed E-state index contributed by atoms with van der Waals surface area (Å²) in [4.78, 5) is 36.6. The molecule has 0 spiro atoms. The van der Waals surface area contributed by atoms with Crippen molar-refractivity contribution in [1.29, 1.82) is 0 Å². The van der Waals surface area contributed by atoms with Gasteiger partial charge in [-0.3, -0.25) is 29.1 Å². The highest BCUT2D eigenvalue weighted by atomic mass is 79.9. The Bertz CT molecular complexity index is 1680. The first kappa shape index (κ1) is 31.3. The van der Waals surface area contributed by atoms with Crippen LogP contribution in [0.25, 0.3) is 22.2 Å². The molecule has 44 heavy (non-hydrogen) atoms. The summed E-state index contributed by atoms with van der Waals surface area (Å²) in [5.41, 5.74) is 1.32. The van der Waals surface area contributed by atoms with Gasteiger partial charge in [-0.15, -0.1) is 0 Å². The number of pyridine rings is 2. The summed E-state index contributed by atoms with van der Waals surface area (Å²) in [5, 5.41) is 9.39. The van der Waals surface area contributed by atoms with Gasteiger partial charge in [-0.1, -0.05) is 0 Å². The van der Waals surface area contributed by atoms with Gasteiger partial charge in [-0.2, -0.15) is 18.3 Å². The van der Waals surface area contributed by atoms with Crippen LogP contribution in [0.3, 0.4) is 0 Å². The second-order valence-electron chi connectivity index (χ2n) is 11.4. The zero-order valence-corrected chi connectivity index (χ0v) is 25.8. The van der Waals surface area contributed by atoms with Crippen LogP contribution < -0.4 is 19.9 Å². The molecule has 1 aliphatic rings. The van der Waals surface area contributed by atoms with Gasteiger partial charge in [0.05, 0.1) is 29.7 Å². The van der Waals surface area contributed by atoms with Crippen molar-refractivity contribution in [2.24, 2.45) is 13.0 Å². The first-order chi connectivity index (χ1) is 20.7. The molecule has 0 aliphatic carbocycles. The first-order valence-corrected chi connectivity index (χ1v) is 14.4. The molecule has 4 aromatic heterocycles. The fraction of sp³-hybridized carbons (Fsp3) is 0.393. The van der Waals surface area contributed by atoms with Gasteiger partial charge < -0.3 is 19.4 Å². The lowest BCUT2D eigenvalue weighted by Gasteiger charge is -2.39. The van der Waals surface area contributed by atoms with E-state index >= 15 is 0 Å². The lowest BCUT2D eigenvalue weighted by Crippen LogP contribution is -2.51. The minimum atomic E-state index is -4.41. The molecule has 16 heteroatoms. The molecule has 2 amide bonds. The van der Waals surface area contributed by atoms with E-state index in [0.717, 1.165) is 5.56 Å². The number of aromatic nitrogens is 4. The van der Waals surface area contributed by atoms with Crippen molar-refractivity contribution in [1.82, 2.24) is 24.1 Å². The number of anilines is 3. The lowest BCUT2D eigenvalue weighted by atomic mass is 9.93. The van der Waals surface area contributed by atoms with Crippen LogP contribution in [0, 0.1) is 5.92 Å². The Balaban J connectivity index is 1.51. The number of hydrogen-bond donors (Lipinski definition) is 3. The summed E-state index contributed by atoms with van der Waals surface area (Å²) in [7, 11) is 1.77. The van der Waals surface area contributed by atoms with Gasteiger partial charge in [0, 0.05) is 72.0 Å². The molecule has 5 rings (SSSR count). The fourth-order valence-electron chi connectivity index (χ4n) is 4.96. The summed E-state index contributed by atoms with van der Waals surface area (Å²) < 4.78 is 56.9. The molecule has 0 radical (unpaired) electrons. The summed E-state index contributed by atoms with van der Waals surface area (Å²) >= 11 is 3.09. The number of aryl methyl sites for hydroxylation is 1. The highest BCUT2D eigenvalue weighted by Crippen LogP contribution is 2.38. The number of hydrogen-bond acceptors (Lipinski definition) is 9. The van der Waals surface area contributed by atoms with Gasteiger partial charge >= 0.3 is 12.3 Å². The Morgan fingerprint density at radius 3 is 2.55 bits per heavy atom. The molecule has 5 heterocycles. The fourth-order valence-corrected chi connectivity index (χ4v) is 5.29. The quantitative estimate of drug-likeness (QED) is 0.213. The third-order valence-corrected chi connectivity index (χ3v) is 7.51. The van der Waals surface area contributed by atoms with Crippen molar-refractivity contribution in [3.63, 3.8) is 0 Å². The minimum Gasteiger partial charge on any atom is -0.444 e. The maximum absolute atomic E-state index is 13.9. The normalized spacial score (nSPS) is 17.5. The van der Waals surface area contributed by atoms with Gasteiger partial charge in [0.15, 0.2) is 5.58 Å². The van der Waals surface area contributed by atoms with Crippen LogP contribution in [0.4, 0.5) is 35.2 Å². The van der Waals surface area contributed by atoms with Gasteiger partial charge in [-0.25, -0.2) is 4.79 Å². The molecule has 0 aromatic carbocycles. The first-order valence-electron chi connectivity index (χ1n) is 13.6. The summed E-state index contributed by atoms with van der Waals surface area (Å²) in [6.45, 7) is 4.99. The van der Waals surface area contributed by atoms with Crippen LogP contribution in [-0.2, 0) is 11.8 Å². The number of amides is 2. The Morgan fingerprint density at radius 2 is 1.89 bits per heavy atom. The molecule has 1 saturated heterocycles. The number of halogens is 4. The highest BCUT2D eigenvalue weighted by Gasteiger charge is 2.45. The number of nitrogens with one attached hydrogen (secondary N) is 3. The number of ether oxygens (including phenoxy) is 1. The smallest absolute Gasteiger partial charge is 0.414 e. The van der Waals surface area contributed by atoms with Gasteiger partial charge in [0.2, 0.25) is 5.88 Å². The number of carbonyl (C=O) groups is 2. The van der Waals surface area contributed by atoms with E-state index in [0.29, 0.717) is 11.3 Å². The highest BCUT2D eigenvalue weighted by molar-refractivity contribution is 9.08. The van der Waals surface area contributed by atoms with Gasteiger partial charge in [0.25, 0.3) is 5.91 Å². The minimum absolute atomic E-state index is 0.106. The van der Waals surface area contributed by atoms with E-state index < -0.39 is 35.7 Å². The van der Waals surface area contributed by atoms with Crippen LogP contribution in [0.15, 0.2) is 47.5 Å². The summed E-state index contributed by atoms with van der Waals surface area (Å²) in [5.74, 6) is -2.54. The van der Waals surface area contributed by atoms with E-state index in [2.05, 4.69) is 46.2 Å². The monoisotopic (exact) mass is 678 g/mol. The number of nitrogens with zero attached hydrogens (tertiary/aromatic N) is 5. The Labute approximate surface area is 258 Å². The van der Waals surface area contributed by atoms with Crippen LogP contribution in [0.1, 0.15) is 37.6 Å². The molecule has 2 atom stereocenters. The standard InChI is InChI=1S/C28H30BrF3N8O4/c1-27(2,3)44-26(42)37-25-22(23-21(43-25)7-15(9-34-23)16-10-35-39(4)12-16)24(41)36-19-11-33-6-5-20(19)40-13-17(28(30,31)32)8-18(14-40)38-29/h5-7,9-12,17-18,38H,8,13-14H2,1-4H3,(H,36,41)(H,37,42)/t17-,18?/m1/s1. The number of alkyl halides is 3. The van der Waals surface area contributed by atoms with Crippen LogP contribution >= 0.6 is 16.1 Å². The predicted molar refractivity (Wildman–Crippen MR) is 160 cm³/mol. The number of furan rings is 1. The zero-order valence-electron chi connectivity index (χ0n) is 24.2. The van der Waals surface area contributed by atoms with Crippen molar-refractivity contribution in [3.8, 4) is 11.1 Å². The number of fused-ring (bicyclic) bond motifs is 1. The largest absolute Gasteiger partial charge is 0.444 e. The molecule has 0 bridgehead atoms. The molecule has 4 aromatic rings. The van der Waals surface area contributed by atoms with Crippen molar-refractivity contribution >= 4 is 56.5 Å². The van der Waals surface area contributed by atoms with E-state index in [1.807, 2.05) is 0 Å². The Kier molecular flexibility index (Phi) is 8.57.